The molecule has 0 aliphatic carbocycles. The third-order valence-corrected chi connectivity index (χ3v) is 5.36. The molecule has 2 N–H and O–H groups in total. The van der Waals surface area contributed by atoms with Crippen LogP contribution in [0.1, 0.15) is 44.7 Å². The van der Waals surface area contributed by atoms with Crippen LogP contribution in [0.4, 0.5) is 0 Å². The summed E-state index contributed by atoms with van der Waals surface area (Å²) in [5, 5.41) is 0. The van der Waals surface area contributed by atoms with Crippen LogP contribution in [0.3, 0.4) is 0 Å². The number of nitrogens with two attached hydrogens (primary N) is 1. The third kappa shape index (κ3) is 5.02. The topological polar surface area (TPSA) is 83.7 Å². The molecule has 29 heavy (non-hydrogen) atoms. The number of nitrogens with zero attached hydrogens (tertiary/aromatic N) is 2. The summed E-state index contributed by atoms with van der Waals surface area (Å²) in [4.78, 5) is 40.6. The van der Waals surface area contributed by atoms with Crippen LogP contribution in [-0.2, 0) is 11.3 Å². The Balaban J connectivity index is 1.64. The number of carbonyl (C=O) groups excluding carboxylic acids is 3. The van der Waals surface area contributed by atoms with Crippen molar-refractivity contribution >= 4 is 17.7 Å². The van der Waals surface area contributed by atoms with Gasteiger partial charge in [0.15, 0.2) is 0 Å². The predicted octanol–water partition coefficient (Wildman–Crippen LogP) is 2.60. The molecule has 2 aromatic carbocycles. The van der Waals surface area contributed by atoms with Gasteiger partial charge in [-0.2, -0.15) is 0 Å². The van der Waals surface area contributed by atoms with E-state index in [0.717, 1.165) is 24.0 Å². The second-order valence-corrected chi connectivity index (χ2v) is 7.72. The van der Waals surface area contributed by atoms with Crippen molar-refractivity contribution in [3.05, 3.63) is 70.8 Å². The van der Waals surface area contributed by atoms with Gasteiger partial charge in [-0.3, -0.25) is 14.4 Å². The summed E-state index contributed by atoms with van der Waals surface area (Å²) in [7, 11) is 1.75. The first-order valence-corrected chi connectivity index (χ1v) is 9.85. The van der Waals surface area contributed by atoms with Gasteiger partial charge in [0.1, 0.15) is 0 Å². The van der Waals surface area contributed by atoms with E-state index in [0.29, 0.717) is 30.8 Å². The van der Waals surface area contributed by atoms with Gasteiger partial charge >= 0.3 is 0 Å². The molecule has 1 unspecified atom stereocenters. The number of piperidine rings is 1. The van der Waals surface area contributed by atoms with Crippen LogP contribution in [-0.4, -0.2) is 47.7 Å². The highest BCUT2D eigenvalue weighted by atomic mass is 16.2. The predicted molar refractivity (Wildman–Crippen MR) is 111 cm³/mol. The molecule has 1 heterocycles. The fourth-order valence-electron chi connectivity index (χ4n) is 3.73. The zero-order valence-electron chi connectivity index (χ0n) is 16.9. The number of hydrogen-bond donors (Lipinski definition) is 1. The quantitative estimate of drug-likeness (QED) is 0.847. The Labute approximate surface area is 171 Å². The van der Waals surface area contributed by atoms with Gasteiger partial charge in [0.2, 0.25) is 11.8 Å². The van der Waals surface area contributed by atoms with Gasteiger partial charge in [-0.15, -0.1) is 0 Å². The number of amides is 3. The fraction of sp³-hybridized carbons (Fsp3) is 0.348. The summed E-state index contributed by atoms with van der Waals surface area (Å²) < 4.78 is 0. The summed E-state index contributed by atoms with van der Waals surface area (Å²) >= 11 is 0. The van der Waals surface area contributed by atoms with E-state index in [1.165, 1.54) is 0 Å². The SMILES string of the molecule is Cc1ccc(C(=O)N2CCCC(C(=O)N(C)Cc3cccc(C(N)=O)c3)C2)cc1. The Morgan fingerprint density at radius 1 is 1.10 bits per heavy atom. The van der Waals surface area contributed by atoms with Crippen molar-refractivity contribution < 1.29 is 14.4 Å². The lowest BCUT2D eigenvalue weighted by Crippen LogP contribution is -2.45. The molecular formula is C23H27N3O3. The Morgan fingerprint density at radius 3 is 2.52 bits per heavy atom. The number of likely N-dealkylation sites (tertiary alicyclic amines) is 1. The number of rotatable bonds is 5. The van der Waals surface area contributed by atoms with E-state index in [1.807, 2.05) is 37.3 Å². The highest BCUT2D eigenvalue weighted by molar-refractivity contribution is 5.95. The van der Waals surface area contributed by atoms with E-state index in [4.69, 9.17) is 5.73 Å². The molecule has 6 heteroatoms. The first kappa shape index (κ1) is 20.6. The molecule has 1 atom stereocenters. The van der Waals surface area contributed by atoms with E-state index in [-0.39, 0.29) is 17.7 Å². The van der Waals surface area contributed by atoms with Crippen LogP contribution in [0, 0.1) is 12.8 Å². The van der Waals surface area contributed by atoms with Gasteiger partial charge in [0.25, 0.3) is 5.91 Å². The standard InChI is InChI=1S/C23H27N3O3/c1-16-8-10-18(11-9-16)23(29)26-12-4-7-20(15-26)22(28)25(2)14-17-5-3-6-19(13-17)21(24)27/h3,5-6,8-11,13,20H,4,7,12,14-15H2,1-2H3,(H2,24,27). The van der Waals surface area contributed by atoms with Gasteiger partial charge in [-0.1, -0.05) is 29.8 Å². The zero-order valence-corrected chi connectivity index (χ0v) is 16.9. The van der Waals surface area contributed by atoms with Crippen LogP contribution in [0.2, 0.25) is 0 Å². The molecule has 0 saturated carbocycles. The molecule has 0 aromatic heterocycles. The largest absolute Gasteiger partial charge is 0.366 e. The molecule has 0 radical (unpaired) electrons. The molecular weight excluding hydrogens is 366 g/mol. The van der Waals surface area contributed by atoms with Gasteiger partial charge in [-0.05, 0) is 49.6 Å². The van der Waals surface area contributed by atoms with Gasteiger partial charge in [-0.25, -0.2) is 0 Å². The van der Waals surface area contributed by atoms with Crippen molar-refractivity contribution in [2.45, 2.75) is 26.3 Å². The molecule has 3 amide bonds. The monoisotopic (exact) mass is 393 g/mol. The lowest BCUT2D eigenvalue weighted by atomic mass is 9.95. The average Bonchev–Trinajstić information content (AvgIpc) is 2.73. The van der Waals surface area contributed by atoms with E-state index in [1.54, 1.807) is 35.0 Å². The number of benzene rings is 2. The second-order valence-electron chi connectivity index (χ2n) is 7.72. The molecule has 1 saturated heterocycles. The first-order chi connectivity index (χ1) is 13.8. The maximum atomic E-state index is 13.0. The Bertz CT molecular complexity index is 908. The fourth-order valence-corrected chi connectivity index (χ4v) is 3.73. The minimum Gasteiger partial charge on any atom is -0.366 e. The lowest BCUT2D eigenvalue weighted by Gasteiger charge is -2.34. The molecule has 6 nitrogen and oxygen atoms in total. The molecule has 1 fully saturated rings. The Morgan fingerprint density at radius 2 is 1.83 bits per heavy atom. The van der Waals surface area contributed by atoms with Crippen molar-refractivity contribution in [1.82, 2.24) is 9.80 Å². The highest BCUT2D eigenvalue weighted by Gasteiger charge is 2.30. The normalized spacial score (nSPS) is 16.3. The minimum absolute atomic E-state index is 0.0101. The molecule has 0 bridgehead atoms. The second kappa shape index (κ2) is 8.90. The van der Waals surface area contributed by atoms with Crippen LogP contribution >= 0.6 is 0 Å². The summed E-state index contributed by atoms with van der Waals surface area (Å²) in [6.07, 6.45) is 1.57. The van der Waals surface area contributed by atoms with E-state index in [2.05, 4.69) is 0 Å². The number of aryl methyl sites for hydroxylation is 1. The van der Waals surface area contributed by atoms with Crippen molar-refractivity contribution in [2.24, 2.45) is 11.7 Å². The maximum absolute atomic E-state index is 13.0. The lowest BCUT2D eigenvalue weighted by molar-refractivity contribution is -0.136. The maximum Gasteiger partial charge on any atom is 0.253 e. The summed E-state index contributed by atoms with van der Waals surface area (Å²) in [5.41, 5.74) is 8.37. The van der Waals surface area contributed by atoms with Crippen molar-refractivity contribution in [3.8, 4) is 0 Å². The third-order valence-electron chi connectivity index (χ3n) is 5.36. The smallest absolute Gasteiger partial charge is 0.253 e. The van der Waals surface area contributed by atoms with Crippen LogP contribution in [0.15, 0.2) is 48.5 Å². The van der Waals surface area contributed by atoms with Crippen molar-refractivity contribution in [3.63, 3.8) is 0 Å². The zero-order chi connectivity index (χ0) is 21.0. The number of primary amides is 1. The van der Waals surface area contributed by atoms with E-state index in [9.17, 15) is 14.4 Å². The van der Waals surface area contributed by atoms with Gasteiger partial charge < -0.3 is 15.5 Å². The number of carbonyl (C=O) groups is 3. The van der Waals surface area contributed by atoms with Crippen LogP contribution in [0.25, 0.3) is 0 Å². The molecule has 0 spiro atoms. The minimum atomic E-state index is -0.488. The summed E-state index contributed by atoms with van der Waals surface area (Å²) in [6.45, 7) is 3.47. The molecule has 1 aliphatic heterocycles. The molecule has 152 valence electrons. The average molecular weight is 393 g/mol. The Kier molecular flexibility index (Phi) is 6.32. The molecule has 3 rings (SSSR count). The van der Waals surface area contributed by atoms with E-state index >= 15 is 0 Å². The highest BCUT2D eigenvalue weighted by Crippen LogP contribution is 2.21. The molecule has 1 aliphatic rings. The van der Waals surface area contributed by atoms with Crippen LogP contribution in [0.5, 0.6) is 0 Å². The van der Waals surface area contributed by atoms with Crippen molar-refractivity contribution in [2.75, 3.05) is 20.1 Å². The summed E-state index contributed by atoms with van der Waals surface area (Å²) in [5.74, 6) is -0.726. The first-order valence-electron chi connectivity index (χ1n) is 9.85. The van der Waals surface area contributed by atoms with Gasteiger partial charge in [0, 0.05) is 37.8 Å². The molecule has 2 aromatic rings. The van der Waals surface area contributed by atoms with Gasteiger partial charge in [0.05, 0.1) is 5.92 Å². The van der Waals surface area contributed by atoms with Crippen molar-refractivity contribution in [1.29, 1.82) is 0 Å². The van der Waals surface area contributed by atoms with Crippen LogP contribution < -0.4 is 5.73 Å². The Hall–Kier alpha value is -3.15. The number of hydrogen-bond acceptors (Lipinski definition) is 3. The summed E-state index contributed by atoms with van der Waals surface area (Å²) in [6, 6.07) is 14.5. The van der Waals surface area contributed by atoms with E-state index < -0.39 is 5.91 Å².